The van der Waals surface area contributed by atoms with Crippen LogP contribution in [0.3, 0.4) is 0 Å². The normalized spacial score (nSPS) is 15.5. The van der Waals surface area contributed by atoms with E-state index in [1.807, 2.05) is 4.90 Å². The van der Waals surface area contributed by atoms with Crippen molar-refractivity contribution < 1.29 is 13.2 Å². The van der Waals surface area contributed by atoms with E-state index in [4.69, 9.17) is 11.6 Å². The fourth-order valence-electron chi connectivity index (χ4n) is 3.27. The molecule has 1 aliphatic rings. The molecule has 3 aromatic rings. The average molecular weight is 428 g/mol. The summed E-state index contributed by atoms with van der Waals surface area (Å²) in [5.74, 6) is 1.28. The quantitative estimate of drug-likeness (QED) is 0.609. The molecule has 10 heteroatoms. The number of hydrogen-bond acceptors (Lipinski definition) is 6. The molecule has 0 atom stereocenters. The smallest absolute Gasteiger partial charge is 0.352 e. The molecule has 0 aliphatic carbocycles. The van der Waals surface area contributed by atoms with Crippen molar-refractivity contribution in [3.05, 3.63) is 40.1 Å². The first-order valence-electron chi connectivity index (χ1n) is 8.83. The molecule has 0 amide bonds. The zero-order valence-electron chi connectivity index (χ0n) is 15.0. The van der Waals surface area contributed by atoms with Crippen LogP contribution < -0.4 is 9.80 Å². The Bertz CT molecular complexity index is 999. The lowest BCUT2D eigenvalue weighted by molar-refractivity contribution is -0.137. The molecule has 1 fully saturated rings. The molecule has 28 heavy (non-hydrogen) atoms. The first-order valence-corrected chi connectivity index (χ1v) is 10.0. The highest BCUT2D eigenvalue weighted by atomic mass is 35.5. The molecule has 3 aromatic heterocycles. The lowest BCUT2D eigenvalue weighted by atomic mass is 10.2. The number of halogens is 4. The van der Waals surface area contributed by atoms with E-state index in [0.717, 1.165) is 34.7 Å². The van der Waals surface area contributed by atoms with Crippen molar-refractivity contribution in [2.75, 3.05) is 36.0 Å². The van der Waals surface area contributed by atoms with E-state index in [0.29, 0.717) is 32.0 Å². The number of pyridine rings is 1. The number of piperazine rings is 1. The molecule has 0 bridgehead atoms. The highest BCUT2D eigenvalue weighted by Crippen LogP contribution is 2.35. The third-order valence-electron chi connectivity index (χ3n) is 4.74. The van der Waals surface area contributed by atoms with Crippen LogP contribution in [0.25, 0.3) is 10.2 Å². The summed E-state index contributed by atoms with van der Waals surface area (Å²) < 4.78 is 38.4. The van der Waals surface area contributed by atoms with Crippen molar-refractivity contribution in [3.63, 3.8) is 0 Å². The predicted octanol–water partition coefficient (Wildman–Crippen LogP) is 4.65. The molecular weight excluding hydrogens is 411 g/mol. The molecule has 0 saturated carbocycles. The van der Waals surface area contributed by atoms with Crippen LogP contribution in [0.4, 0.5) is 24.8 Å². The van der Waals surface area contributed by atoms with Gasteiger partial charge in [-0.25, -0.2) is 15.0 Å². The van der Waals surface area contributed by atoms with Crippen molar-refractivity contribution in [2.45, 2.75) is 19.5 Å². The third-order valence-corrected chi connectivity index (χ3v) is 6.20. The fraction of sp³-hybridized carbons (Fsp3) is 0.389. The molecular formula is C18H17ClF3N5S. The number of nitrogens with zero attached hydrogens (tertiary/aromatic N) is 5. The molecule has 148 valence electrons. The number of hydrogen-bond donors (Lipinski definition) is 0. The zero-order valence-corrected chi connectivity index (χ0v) is 16.6. The maximum Gasteiger partial charge on any atom is 0.417 e. The first-order chi connectivity index (χ1) is 13.4. The number of anilines is 2. The summed E-state index contributed by atoms with van der Waals surface area (Å²) >= 11 is 7.75. The molecule has 1 saturated heterocycles. The van der Waals surface area contributed by atoms with Gasteiger partial charge < -0.3 is 9.80 Å². The molecule has 0 N–H and O–H groups in total. The molecule has 0 unspecified atom stereocenters. The van der Waals surface area contributed by atoms with E-state index >= 15 is 0 Å². The molecule has 0 radical (unpaired) electrons. The molecule has 4 rings (SSSR count). The molecule has 1 aliphatic heterocycles. The lowest BCUT2D eigenvalue weighted by Crippen LogP contribution is -2.47. The second-order valence-corrected chi connectivity index (χ2v) is 8.01. The standard InChI is InChI=1S/C18H17ClF3N5S/c1-2-12-8-13-15(24-10-25-17(13)28-12)26-3-5-27(6-4-26)16-14(19)7-11(9-23-16)18(20,21)22/h7-10H,2-6H2,1H3. The van der Waals surface area contributed by atoms with E-state index in [1.54, 1.807) is 17.7 Å². The van der Waals surface area contributed by atoms with Gasteiger partial charge in [-0.2, -0.15) is 13.2 Å². The van der Waals surface area contributed by atoms with Crippen LogP contribution in [-0.4, -0.2) is 41.1 Å². The van der Waals surface area contributed by atoms with Crippen molar-refractivity contribution in [1.82, 2.24) is 15.0 Å². The number of aryl methyl sites for hydroxylation is 1. The van der Waals surface area contributed by atoms with Crippen LogP contribution in [0.1, 0.15) is 17.4 Å². The minimum atomic E-state index is -4.45. The van der Waals surface area contributed by atoms with Gasteiger partial charge in [-0.15, -0.1) is 11.3 Å². The van der Waals surface area contributed by atoms with Gasteiger partial charge in [0, 0.05) is 37.3 Å². The van der Waals surface area contributed by atoms with Gasteiger partial charge >= 0.3 is 6.18 Å². The van der Waals surface area contributed by atoms with Gasteiger partial charge in [0.2, 0.25) is 0 Å². The van der Waals surface area contributed by atoms with Gasteiger partial charge in [-0.3, -0.25) is 0 Å². The van der Waals surface area contributed by atoms with E-state index in [9.17, 15) is 13.2 Å². The summed E-state index contributed by atoms with van der Waals surface area (Å²) in [6, 6.07) is 3.07. The Morgan fingerprint density at radius 3 is 2.32 bits per heavy atom. The van der Waals surface area contributed by atoms with Gasteiger partial charge in [0.05, 0.1) is 16.0 Å². The maximum absolute atomic E-state index is 12.8. The summed E-state index contributed by atoms with van der Waals surface area (Å²) in [6.45, 7) is 4.63. The maximum atomic E-state index is 12.8. The number of thiophene rings is 1. The number of aromatic nitrogens is 3. The van der Waals surface area contributed by atoms with E-state index in [-0.39, 0.29) is 5.02 Å². The van der Waals surface area contributed by atoms with Gasteiger partial charge in [0.25, 0.3) is 0 Å². The Morgan fingerprint density at radius 1 is 1.04 bits per heavy atom. The fourth-order valence-corrected chi connectivity index (χ4v) is 4.48. The monoisotopic (exact) mass is 427 g/mol. The average Bonchev–Trinajstić information content (AvgIpc) is 3.11. The minimum Gasteiger partial charge on any atom is -0.352 e. The summed E-state index contributed by atoms with van der Waals surface area (Å²) in [5, 5.41) is 1.06. The Hall–Kier alpha value is -2.13. The van der Waals surface area contributed by atoms with Crippen LogP contribution in [0.15, 0.2) is 24.7 Å². The molecule has 4 heterocycles. The van der Waals surface area contributed by atoms with Crippen LogP contribution >= 0.6 is 22.9 Å². The third kappa shape index (κ3) is 3.60. The predicted molar refractivity (Wildman–Crippen MR) is 105 cm³/mol. The summed E-state index contributed by atoms with van der Waals surface area (Å²) in [6.07, 6.45) is -1.09. The number of alkyl halides is 3. The lowest BCUT2D eigenvalue weighted by Gasteiger charge is -2.36. The van der Waals surface area contributed by atoms with Crippen LogP contribution in [0.2, 0.25) is 5.02 Å². The Balaban J connectivity index is 1.52. The van der Waals surface area contributed by atoms with Gasteiger partial charge in [0.15, 0.2) is 0 Å². The van der Waals surface area contributed by atoms with Crippen LogP contribution in [0, 0.1) is 0 Å². The second-order valence-electron chi connectivity index (χ2n) is 6.48. The number of fused-ring (bicyclic) bond motifs is 1. The first kappa shape index (κ1) is 19.2. The largest absolute Gasteiger partial charge is 0.417 e. The molecule has 5 nitrogen and oxygen atoms in total. The Morgan fingerprint density at radius 2 is 1.71 bits per heavy atom. The van der Waals surface area contributed by atoms with Crippen molar-refractivity contribution in [1.29, 1.82) is 0 Å². The van der Waals surface area contributed by atoms with Gasteiger partial charge in [0.1, 0.15) is 22.8 Å². The minimum absolute atomic E-state index is 0.0122. The van der Waals surface area contributed by atoms with Gasteiger partial charge in [-0.1, -0.05) is 18.5 Å². The van der Waals surface area contributed by atoms with Crippen molar-refractivity contribution in [3.8, 4) is 0 Å². The van der Waals surface area contributed by atoms with E-state index < -0.39 is 11.7 Å². The number of rotatable bonds is 3. The van der Waals surface area contributed by atoms with E-state index in [1.165, 1.54) is 4.88 Å². The van der Waals surface area contributed by atoms with E-state index in [2.05, 4.69) is 32.8 Å². The second kappa shape index (κ2) is 7.36. The topological polar surface area (TPSA) is 45.2 Å². The van der Waals surface area contributed by atoms with Crippen molar-refractivity contribution in [2.24, 2.45) is 0 Å². The van der Waals surface area contributed by atoms with Crippen molar-refractivity contribution >= 4 is 44.8 Å². The van der Waals surface area contributed by atoms with Crippen LogP contribution in [0.5, 0.6) is 0 Å². The Labute approximate surface area is 168 Å². The highest BCUT2D eigenvalue weighted by molar-refractivity contribution is 7.18. The van der Waals surface area contributed by atoms with Crippen LogP contribution in [-0.2, 0) is 12.6 Å². The summed E-state index contributed by atoms with van der Waals surface area (Å²) in [4.78, 5) is 19.1. The molecule has 0 spiro atoms. The SMILES string of the molecule is CCc1cc2c(N3CCN(c4ncc(C(F)(F)F)cc4Cl)CC3)ncnc2s1. The Kier molecular flexibility index (Phi) is 5.05. The summed E-state index contributed by atoms with van der Waals surface area (Å²) in [5.41, 5.74) is -0.840. The zero-order chi connectivity index (χ0) is 19.9. The highest BCUT2D eigenvalue weighted by Gasteiger charge is 2.32. The molecule has 0 aromatic carbocycles. The van der Waals surface area contributed by atoms with Gasteiger partial charge in [-0.05, 0) is 18.6 Å². The summed E-state index contributed by atoms with van der Waals surface area (Å²) in [7, 11) is 0.